The van der Waals surface area contributed by atoms with Crippen LogP contribution in [-0.4, -0.2) is 23.1 Å². The van der Waals surface area contributed by atoms with E-state index in [4.69, 9.17) is 4.74 Å². The van der Waals surface area contributed by atoms with Gasteiger partial charge in [-0.1, -0.05) is 37.3 Å². The molecule has 1 aliphatic rings. The van der Waals surface area contributed by atoms with Gasteiger partial charge in [-0.2, -0.15) is 0 Å². The summed E-state index contributed by atoms with van der Waals surface area (Å²) in [6, 6.07) is 10.4. The van der Waals surface area contributed by atoms with E-state index in [-0.39, 0.29) is 12.1 Å². The third-order valence-electron chi connectivity index (χ3n) is 3.68. The van der Waals surface area contributed by atoms with Crippen molar-refractivity contribution in [1.82, 2.24) is 4.90 Å². The van der Waals surface area contributed by atoms with Crippen LogP contribution in [0.1, 0.15) is 52.1 Å². The van der Waals surface area contributed by atoms with E-state index < -0.39 is 5.60 Å². The van der Waals surface area contributed by atoms with E-state index in [1.54, 1.807) is 0 Å². The lowest BCUT2D eigenvalue weighted by Crippen LogP contribution is -2.43. The molecule has 0 aromatic heterocycles. The quantitative estimate of drug-likeness (QED) is 0.760. The summed E-state index contributed by atoms with van der Waals surface area (Å²) >= 11 is 0. The number of hydrogen-bond donors (Lipinski definition) is 0. The zero-order valence-corrected chi connectivity index (χ0v) is 12.9. The molecule has 110 valence electrons. The van der Waals surface area contributed by atoms with Crippen molar-refractivity contribution >= 4 is 6.09 Å². The van der Waals surface area contributed by atoms with Crippen LogP contribution >= 0.6 is 0 Å². The Hall–Kier alpha value is -1.51. The van der Waals surface area contributed by atoms with E-state index in [0.717, 1.165) is 19.4 Å². The third-order valence-corrected chi connectivity index (χ3v) is 3.68. The minimum atomic E-state index is -0.443. The summed E-state index contributed by atoms with van der Waals surface area (Å²) in [5.74, 6) is 0.638. The highest BCUT2D eigenvalue weighted by Crippen LogP contribution is 2.34. The molecule has 3 nitrogen and oxygen atoms in total. The molecule has 1 aromatic carbocycles. The Bertz CT molecular complexity index is 450. The summed E-state index contributed by atoms with van der Waals surface area (Å²) in [6.45, 7) is 8.76. The van der Waals surface area contributed by atoms with Crippen molar-refractivity contribution in [3.05, 3.63) is 35.9 Å². The molecule has 20 heavy (non-hydrogen) atoms. The van der Waals surface area contributed by atoms with Gasteiger partial charge in [-0.05, 0) is 45.1 Å². The number of amides is 1. The van der Waals surface area contributed by atoms with Crippen molar-refractivity contribution in [1.29, 1.82) is 0 Å². The summed E-state index contributed by atoms with van der Waals surface area (Å²) < 4.78 is 5.55. The lowest BCUT2D eigenvalue weighted by Gasteiger charge is -2.39. The molecule has 0 bridgehead atoms. The number of benzene rings is 1. The maximum Gasteiger partial charge on any atom is 0.410 e. The molecule has 1 saturated heterocycles. The first-order chi connectivity index (χ1) is 9.37. The van der Waals surface area contributed by atoms with Crippen LogP contribution in [-0.2, 0) is 4.74 Å². The lowest BCUT2D eigenvalue weighted by molar-refractivity contribution is 0.00512. The van der Waals surface area contributed by atoms with Gasteiger partial charge in [0, 0.05) is 6.54 Å². The van der Waals surface area contributed by atoms with Crippen molar-refractivity contribution in [3.8, 4) is 0 Å². The maximum atomic E-state index is 12.4. The van der Waals surface area contributed by atoms with Gasteiger partial charge in [0.15, 0.2) is 0 Å². The molecule has 0 spiro atoms. The molecule has 0 N–H and O–H groups in total. The third kappa shape index (κ3) is 3.75. The van der Waals surface area contributed by atoms with Gasteiger partial charge < -0.3 is 9.64 Å². The number of likely N-dealkylation sites (tertiary alicyclic amines) is 1. The van der Waals surface area contributed by atoms with E-state index in [2.05, 4.69) is 19.1 Å². The number of ether oxygens (including phenoxy) is 1. The van der Waals surface area contributed by atoms with Crippen LogP contribution in [0.5, 0.6) is 0 Å². The van der Waals surface area contributed by atoms with Crippen LogP contribution in [0.4, 0.5) is 4.79 Å². The Morgan fingerprint density at radius 1 is 1.25 bits per heavy atom. The summed E-state index contributed by atoms with van der Waals surface area (Å²) in [4.78, 5) is 14.3. The Morgan fingerprint density at radius 3 is 2.50 bits per heavy atom. The van der Waals surface area contributed by atoms with Crippen LogP contribution in [0, 0.1) is 5.92 Å². The summed E-state index contributed by atoms with van der Waals surface area (Å²) in [5, 5.41) is 0. The van der Waals surface area contributed by atoms with Gasteiger partial charge in [-0.3, -0.25) is 0 Å². The van der Waals surface area contributed by atoms with Gasteiger partial charge in [0.2, 0.25) is 0 Å². The standard InChI is InChI=1S/C17H25NO2/c1-13-10-11-18(16(19)20-17(2,3)4)15(12-13)14-8-6-5-7-9-14/h5-9,13,15H,10-12H2,1-4H3. The van der Waals surface area contributed by atoms with Crippen LogP contribution in [0.3, 0.4) is 0 Å². The van der Waals surface area contributed by atoms with Crippen molar-refractivity contribution in [2.24, 2.45) is 5.92 Å². The normalized spacial score (nSPS) is 23.5. The molecule has 0 radical (unpaired) electrons. The van der Waals surface area contributed by atoms with E-state index >= 15 is 0 Å². The molecular formula is C17H25NO2. The predicted molar refractivity (Wildman–Crippen MR) is 80.5 cm³/mol. The van der Waals surface area contributed by atoms with Gasteiger partial charge in [0.05, 0.1) is 6.04 Å². The Morgan fingerprint density at radius 2 is 1.90 bits per heavy atom. The minimum absolute atomic E-state index is 0.134. The number of nitrogens with zero attached hydrogens (tertiary/aromatic N) is 1. The molecule has 2 rings (SSSR count). The molecule has 3 heteroatoms. The highest BCUT2D eigenvalue weighted by molar-refractivity contribution is 5.69. The average Bonchev–Trinajstić information content (AvgIpc) is 2.37. The van der Waals surface area contributed by atoms with Gasteiger partial charge in [0.25, 0.3) is 0 Å². The molecule has 1 fully saturated rings. The van der Waals surface area contributed by atoms with Crippen molar-refractivity contribution in [3.63, 3.8) is 0 Å². The van der Waals surface area contributed by atoms with Crippen LogP contribution < -0.4 is 0 Å². The van der Waals surface area contributed by atoms with Crippen molar-refractivity contribution in [2.75, 3.05) is 6.54 Å². The van der Waals surface area contributed by atoms with Gasteiger partial charge in [-0.15, -0.1) is 0 Å². The molecule has 1 amide bonds. The smallest absolute Gasteiger partial charge is 0.410 e. The number of hydrogen-bond acceptors (Lipinski definition) is 2. The topological polar surface area (TPSA) is 29.5 Å². The van der Waals surface area contributed by atoms with E-state index in [0.29, 0.717) is 5.92 Å². The second kappa shape index (κ2) is 5.86. The Balaban J connectivity index is 2.19. The number of rotatable bonds is 1. The fraction of sp³-hybridized carbons (Fsp3) is 0.588. The van der Waals surface area contributed by atoms with E-state index in [1.807, 2.05) is 43.9 Å². The van der Waals surface area contributed by atoms with Crippen LogP contribution in [0.2, 0.25) is 0 Å². The predicted octanol–water partition coefficient (Wildman–Crippen LogP) is 4.39. The van der Waals surface area contributed by atoms with Gasteiger partial charge in [0.1, 0.15) is 5.60 Å². The van der Waals surface area contributed by atoms with Gasteiger partial charge >= 0.3 is 6.09 Å². The highest BCUT2D eigenvalue weighted by Gasteiger charge is 2.33. The average molecular weight is 275 g/mol. The molecule has 1 aromatic rings. The van der Waals surface area contributed by atoms with Gasteiger partial charge in [-0.25, -0.2) is 4.79 Å². The monoisotopic (exact) mass is 275 g/mol. The zero-order chi connectivity index (χ0) is 14.8. The van der Waals surface area contributed by atoms with Crippen molar-refractivity contribution in [2.45, 2.75) is 52.2 Å². The molecule has 0 saturated carbocycles. The zero-order valence-electron chi connectivity index (χ0n) is 12.9. The molecule has 0 aliphatic carbocycles. The molecule has 2 unspecified atom stereocenters. The SMILES string of the molecule is CC1CCN(C(=O)OC(C)(C)C)C(c2ccccc2)C1. The Labute approximate surface area is 121 Å². The van der Waals surface area contributed by atoms with Crippen LogP contribution in [0.25, 0.3) is 0 Å². The second-order valence-electron chi connectivity index (χ2n) is 6.73. The number of carbonyl (C=O) groups is 1. The molecular weight excluding hydrogens is 250 g/mol. The molecule has 1 heterocycles. The first-order valence-electron chi connectivity index (χ1n) is 7.41. The first-order valence-corrected chi connectivity index (χ1v) is 7.41. The van der Waals surface area contributed by atoms with Crippen molar-refractivity contribution < 1.29 is 9.53 Å². The maximum absolute atomic E-state index is 12.4. The molecule has 1 aliphatic heterocycles. The fourth-order valence-corrected chi connectivity index (χ4v) is 2.67. The number of piperidine rings is 1. The number of carbonyl (C=O) groups excluding carboxylic acids is 1. The van der Waals surface area contributed by atoms with E-state index in [1.165, 1.54) is 5.56 Å². The van der Waals surface area contributed by atoms with E-state index in [9.17, 15) is 4.79 Å². The highest BCUT2D eigenvalue weighted by atomic mass is 16.6. The summed E-state index contributed by atoms with van der Waals surface area (Å²) in [6.07, 6.45) is 1.85. The summed E-state index contributed by atoms with van der Waals surface area (Å²) in [7, 11) is 0. The Kier molecular flexibility index (Phi) is 4.36. The summed E-state index contributed by atoms with van der Waals surface area (Å²) in [5.41, 5.74) is 0.756. The minimum Gasteiger partial charge on any atom is -0.444 e. The lowest BCUT2D eigenvalue weighted by atomic mass is 9.88. The largest absolute Gasteiger partial charge is 0.444 e. The first kappa shape index (κ1) is 14.9. The second-order valence-corrected chi connectivity index (χ2v) is 6.73. The fourth-order valence-electron chi connectivity index (χ4n) is 2.67. The molecule has 2 atom stereocenters. The van der Waals surface area contributed by atoms with Crippen LogP contribution in [0.15, 0.2) is 30.3 Å².